The quantitative estimate of drug-likeness (QED) is 0.882. The molecule has 1 saturated heterocycles. The van der Waals surface area contributed by atoms with Gasteiger partial charge in [0, 0.05) is 12.2 Å². The monoisotopic (exact) mass is 246 g/mol. The first-order valence-corrected chi connectivity index (χ1v) is 6.07. The summed E-state index contributed by atoms with van der Waals surface area (Å²) in [6, 6.07) is 6.71. The maximum absolute atomic E-state index is 9.23. The van der Waals surface area contributed by atoms with E-state index in [0.29, 0.717) is 11.7 Å². The number of hydrogen-bond acceptors (Lipinski definition) is 5. The molecule has 5 heteroatoms. The third-order valence-corrected chi connectivity index (χ3v) is 3.02. The van der Waals surface area contributed by atoms with Crippen molar-refractivity contribution in [2.24, 2.45) is 0 Å². The van der Waals surface area contributed by atoms with E-state index in [1.807, 2.05) is 0 Å². The topological polar surface area (TPSA) is 68.4 Å². The molecule has 0 aliphatic carbocycles. The molecule has 1 unspecified atom stereocenters. The summed E-state index contributed by atoms with van der Waals surface area (Å²) in [5, 5.41) is 13.2. The van der Waals surface area contributed by atoms with Crippen LogP contribution < -0.4 is 0 Å². The number of benzene rings is 1. The molecule has 94 valence electrons. The largest absolute Gasteiger partial charge is 0.508 e. The van der Waals surface area contributed by atoms with Crippen molar-refractivity contribution in [1.82, 2.24) is 10.1 Å². The maximum atomic E-state index is 9.23. The normalized spacial score (nSPS) is 19.9. The second-order valence-corrected chi connectivity index (χ2v) is 4.36. The van der Waals surface area contributed by atoms with E-state index in [2.05, 4.69) is 10.1 Å². The van der Waals surface area contributed by atoms with Crippen LogP contribution in [0.4, 0.5) is 0 Å². The van der Waals surface area contributed by atoms with E-state index in [1.165, 1.54) is 0 Å². The summed E-state index contributed by atoms with van der Waals surface area (Å²) in [5.74, 6) is 1.29. The van der Waals surface area contributed by atoms with E-state index in [4.69, 9.17) is 9.26 Å². The molecule has 0 saturated carbocycles. The molecule has 1 aromatic heterocycles. The predicted octanol–water partition coefficient (Wildman–Crippen LogP) is 2.68. The van der Waals surface area contributed by atoms with Crippen LogP contribution in [0.2, 0.25) is 0 Å². The number of phenols is 1. The zero-order valence-corrected chi connectivity index (χ0v) is 9.87. The molecule has 1 fully saturated rings. The van der Waals surface area contributed by atoms with Crippen molar-refractivity contribution >= 4 is 0 Å². The molecule has 1 aliphatic heterocycles. The van der Waals surface area contributed by atoms with Crippen molar-refractivity contribution in [3.63, 3.8) is 0 Å². The van der Waals surface area contributed by atoms with Gasteiger partial charge in [-0.3, -0.25) is 0 Å². The van der Waals surface area contributed by atoms with Gasteiger partial charge >= 0.3 is 0 Å². The molecule has 0 amide bonds. The molecule has 2 heterocycles. The van der Waals surface area contributed by atoms with E-state index in [-0.39, 0.29) is 11.9 Å². The van der Waals surface area contributed by atoms with Gasteiger partial charge < -0.3 is 14.4 Å². The maximum Gasteiger partial charge on any atom is 0.256 e. The van der Waals surface area contributed by atoms with E-state index in [1.54, 1.807) is 24.3 Å². The Labute approximate surface area is 104 Å². The van der Waals surface area contributed by atoms with Crippen molar-refractivity contribution in [1.29, 1.82) is 0 Å². The van der Waals surface area contributed by atoms with Crippen molar-refractivity contribution in [3.8, 4) is 17.1 Å². The average Bonchev–Trinajstić information content (AvgIpc) is 2.90. The van der Waals surface area contributed by atoms with Crippen LogP contribution in [0.25, 0.3) is 11.4 Å². The second-order valence-electron chi connectivity index (χ2n) is 4.36. The summed E-state index contributed by atoms with van der Waals surface area (Å²) in [6.45, 7) is 0.752. The van der Waals surface area contributed by atoms with Gasteiger partial charge in [0.25, 0.3) is 5.89 Å². The Morgan fingerprint density at radius 3 is 2.72 bits per heavy atom. The SMILES string of the molecule is Oc1ccc(-c2noc(C3CCCCO3)n2)cc1. The standard InChI is InChI=1S/C13H14N2O3/c16-10-6-4-9(5-7-10)12-14-13(18-15-12)11-3-1-2-8-17-11/h4-7,11,16H,1-3,8H2. The summed E-state index contributed by atoms with van der Waals surface area (Å²) in [7, 11) is 0. The Bertz CT molecular complexity index is 515. The van der Waals surface area contributed by atoms with Gasteiger partial charge in [0.1, 0.15) is 11.9 Å². The lowest BCUT2D eigenvalue weighted by atomic mass is 10.1. The van der Waals surface area contributed by atoms with Gasteiger partial charge in [-0.25, -0.2) is 0 Å². The molecule has 0 radical (unpaired) electrons. The van der Waals surface area contributed by atoms with Crippen LogP contribution in [0.1, 0.15) is 31.3 Å². The van der Waals surface area contributed by atoms with E-state index in [9.17, 15) is 5.11 Å². The number of ether oxygens (including phenoxy) is 1. The number of aromatic nitrogens is 2. The van der Waals surface area contributed by atoms with Gasteiger partial charge in [0.2, 0.25) is 5.82 Å². The molecule has 3 rings (SSSR count). The fourth-order valence-electron chi connectivity index (χ4n) is 2.03. The minimum atomic E-state index is -0.0721. The molecule has 1 aromatic carbocycles. The fourth-order valence-corrected chi connectivity index (χ4v) is 2.03. The van der Waals surface area contributed by atoms with Gasteiger partial charge in [0.15, 0.2) is 0 Å². The molecule has 5 nitrogen and oxygen atoms in total. The fraction of sp³-hybridized carbons (Fsp3) is 0.385. The third kappa shape index (κ3) is 2.22. The number of rotatable bonds is 2. The molecule has 1 N–H and O–H groups in total. The second kappa shape index (κ2) is 4.78. The van der Waals surface area contributed by atoms with Crippen LogP contribution in [0.5, 0.6) is 5.75 Å². The van der Waals surface area contributed by atoms with Gasteiger partial charge in [0.05, 0.1) is 0 Å². The average molecular weight is 246 g/mol. The molecule has 0 spiro atoms. The first-order chi connectivity index (χ1) is 8.83. The smallest absolute Gasteiger partial charge is 0.256 e. The van der Waals surface area contributed by atoms with Crippen LogP contribution in [0, 0.1) is 0 Å². The minimum absolute atomic E-state index is 0.0721. The zero-order chi connectivity index (χ0) is 12.4. The summed E-state index contributed by atoms with van der Waals surface area (Å²) in [4.78, 5) is 4.35. The van der Waals surface area contributed by atoms with Crippen molar-refractivity contribution in [2.45, 2.75) is 25.4 Å². The highest BCUT2D eigenvalue weighted by atomic mass is 16.5. The highest BCUT2D eigenvalue weighted by Gasteiger charge is 2.22. The Morgan fingerprint density at radius 2 is 2.00 bits per heavy atom. The molecule has 18 heavy (non-hydrogen) atoms. The predicted molar refractivity (Wildman–Crippen MR) is 63.9 cm³/mol. The number of aromatic hydroxyl groups is 1. The van der Waals surface area contributed by atoms with E-state index >= 15 is 0 Å². The van der Waals surface area contributed by atoms with Crippen LogP contribution >= 0.6 is 0 Å². The summed E-state index contributed by atoms with van der Waals surface area (Å²) < 4.78 is 10.8. The first kappa shape index (κ1) is 11.2. The minimum Gasteiger partial charge on any atom is -0.508 e. The molecule has 1 atom stereocenters. The number of phenolic OH excluding ortho intramolecular Hbond substituents is 1. The third-order valence-electron chi connectivity index (χ3n) is 3.02. The van der Waals surface area contributed by atoms with Crippen LogP contribution in [0.3, 0.4) is 0 Å². The summed E-state index contributed by atoms with van der Waals surface area (Å²) >= 11 is 0. The van der Waals surface area contributed by atoms with Crippen molar-refractivity contribution in [2.75, 3.05) is 6.61 Å². The molecule has 0 bridgehead atoms. The Hall–Kier alpha value is -1.88. The number of hydrogen-bond donors (Lipinski definition) is 1. The highest BCUT2D eigenvalue weighted by molar-refractivity contribution is 5.55. The summed E-state index contributed by atoms with van der Waals surface area (Å²) in [6.07, 6.45) is 3.07. The van der Waals surface area contributed by atoms with Crippen molar-refractivity contribution in [3.05, 3.63) is 30.2 Å². The summed E-state index contributed by atoms with van der Waals surface area (Å²) in [5.41, 5.74) is 0.818. The van der Waals surface area contributed by atoms with E-state index < -0.39 is 0 Å². The van der Waals surface area contributed by atoms with Gasteiger partial charge in [-0.05, 0) is 43.5 Å². The molecular formula is C13H14N2O3. The molecule has 1 aliphatic rings. The first-order valence-electron chi connectivity index (χ1n) is 6.07. The Balaban J connectivity index is 1.82. The molecule has 2 aromatic rings. The van der Waals surface area contributed by atoms with Gasteiger partial charge in [-0.15, -0.1) is 0 Å². The van der Waals surface area contributed by atoms with Crippen LogP contribution in [-0.4, -0.2) is 21.9 Å². The lowest BCUT2D eigenvalue weighted by Crippen LogP contribution is -2.11. The zero-order valence-electron chi connectivity index (χ0n) is 9.87. The van der Waals surface area contributed by atoms with Crippen LogP contribution in [-0.2, 0) is 4.74 Å². The lowest BCUT2D eigenvalue weighted by molar-refractivity contribution is -0.00459. The Morgan fingerprint density at radius 1 is 1.17 bits per heavy atom. The number of nitrogens with zero attached hydrogens (tertiary/aromatic N) is 2. The lowest BCUT2D eigenvalue weighted by Gasteiger charge is -2.18. The highest BCUT2D eigenvalue weighted by Crippen LogP contribution is 2.28. The van der Waals surface area contributed by atoms with Crippen LogP contribution in [0.15, 0.2) is 28.8 Å². The van der Waals surface area contributed by atoms with Gasteiger partial charge in [-0.1, -0.05) is 5.16 Å². The van der Waals surface area contributed by atoms with Gasteiger partial charge in [-0.2, -0.15) is 4.98 Å². The Kier molecular flexibility index (Phi) is 2.98. The van der Waals surface area contributed by atoms with E-state index in [0.717, 1.165) is 31.4 Å². The molecular weight excluding hydrogens is 232 g/mol. The van der Waals surface area contributed by atoms with Crippen molar-refractivity contribution < 1.29 is 14.4 Å².